The molecular formula is C17H29N3. The van der Waals surface area contributed by atoms with Gasteiger partial charge in [0.2, 0.25) is 0 Å². The van der Waals surface area contributed by atoms with Gasteiger partial charge < -0.3 is 10.2 Å². The molecule has 1 heterocycles. The van der Waals surface area contributed by atoms with Gasteiger partial charge in [0, 0.05) is 44.5 Å². The molecule has 3 nitrogen and oxygen atoms in total. The molecule has 1 fully saturated rings. The van der Waals surface area contributed by atoms with Crippen molar-refractivity contribution in [2.24, 2.45) is 5.92 Å². The van der Waals surface area contributed by atoms with E-state index in [0.717, 1.165) is 25.6 Å². The minimum atomic E-state index is 0.590. The number of rotatable bonds is 6. The molecule has 0 aliphatic carbocycles. The Labute approximate surface area is 124 Å². The number of hydrogen-bond donors (Lipinski definition) is 1. The van der Waals surface area contributed by atoms with Gasteiger partial charge in [0.15, 0.2) is 0 Å². The van der Waals surface area contributed by atoms with Crippen LogP contribution in [0.5, 0.6) is 0 Å². The number of piperazine rings is 1. The van der Waals surface area contributed by atoms with Crippen LogP contribution in [0.15, 0.2) is 30.3 Å². The van der Waals surface area contributed by atoms with Crippen LogP contribution in [0.4, 0.5) is 5.69 Å². The number of benzene rings is 1. The first kappa shape index (κ1) is 15.3. The standard InChI is InChI=1S/C17H29N3/c1-15(2)18-13-16(3)14-19-9-11-20(12-10-19)17-7-5-4-6-8-17/h4-8,15-16,18H,9-14H2,1-3H3. The van der Waals surface area contributed by atoms with E-state index in [2.05, 4.69) is 66.2 Å². The van der Waals surface area contributed by atoms with Crippen molar-refractivity contribution >= 4 is 5.69 Å². The summed E-state index contributed by atoms with van der Waals surface area (Å²) in [5, 5.41) is 3.53. The highest BCUT2D eigenvalue weighted by atomic mass is 15.3. The molecule has 0 amide bonds. The van der Waals surface area contributed by atoms with Gasteiger partial charge in [0.05, 0.1) is 0 Å². The molecule has 2 rings (SSSR count). The fourth-order valence-corrected chi connectivity index (χ4v) is 2.77. The zero-order valence-corrected chi connectivity index (χ0v) is 13.2. The Bertz CT molecular complexity index is 369. The van der Waals surface area contributed by atoms with Gasteiger partial charge in [-0.2, -0.15) is 0 Å². The summed E-state index contributed by atoms with van der Waals surface area (Å²) in [4.78, 5) is 5.10. The second-order valence-corrected chi connectivity index (χ2v) is 6.29. The van der Waals surface area contributed by atoms with Crippen molar-refractivity contribution in [3.63, 3.8) is 0 Å². The van der Waals surface area contributed by atoms with Gasteiger partial charge in [-0.3, -0.25) is 4.90 Å². The molecule has 1 N–H and O–H groups in total. The molecule has 1 saturated heterocycles. The van der Waals surface area contributed by atoms with Crippen molar-refractivity contribution < 1.29 is 0 Å². The Morgan fingerprint density at radius 3 is 2.25 bits per heavy atom. The number of anilines is 1. The Kier molecular flexibility index (Phi) is 5.86. The second kappa shape index (κ2) is 7.65. The summed E-state index contributed by atoms with van der Waals surface area (Å²) in [6.07, 6.45) is 0. The van der Waals surface area contributed by atoms with Crippen LogP contribution in [0.2, 0.25) is 0 Å². The Hall–Kier alpha value is -1.06. The van der Waals surface area contributed by atoms with Crippen LogP contribution in [-0.2, 0) is 0 Å². The molecule has 112 valence electrons. The third-order valence-electron chi connectivity index (χ3n) is 3.94. The second-order valence-electron chi connectivity index (χ2n) is 6.29. The molecule has 0 saturated carbocycles. The molecule has 0 bridgehead atoms. The first-order valence-corrected chi connectivity index (χ1v) is 7.91. The van der Waals surface area contributed by atoms with E-state index in [1.807, 2.05) is 0 Å². The molecule has 1 aliphatic rings. The van der Waals surface area contributed by atoms with Crippen LogP contribution in [0.3, 0.4) is 0 Å². The molecule has 1 aromatic rings. The molecule has 1 aromatic carbocycles. The SMILES string of the molecule is CC(CNC(C)C)CN1CCN(c2ccccc2)CC1. The summed E-state index contributed by atoms with van der Waals surface area (Å²) in [7, 11) is 0. The topological polar surface area (TPSA) is 18.5 Å². The maximum Gasteiger partial charge on any atom is 0.0367 e. The maximum atomic E-state index is 3.53. The quantitative estimate of drug-likeness (QED) is 0.860. The van der Waals surface area contributed by atoms with Gasteiger partial charge in [-0.05, 0) is 24.6 Å². The molecule has 0 spiro atoms. The van der Waals surface area contributed by atoms with Crippen molar-refractivity contribution in [2.75, 3.05) is 44.2 Å². The summed E-state index contributed by atoms with van der Waals surface area (Å²) >= 11 is 0. The van der Waals surface area contributed by atoms with E-state index in [-0.39, 0.29) is 0 Å². The highest BCUT2D eigenvalue weighted by Crippen LogP contribution is 2.15. The highest BCUT2D eigenvalue weighted by Gasteiger charge is 2.18. The van der Waals surface area contributed by atoms with Crippen molar-refractivity contribution in [1.82, 2.24) is 10.2 Å². The number of nitrogens with zero attached hydrogens (tertiary/aromatic N) is 2. The number of hydrogen-bond acceptors (Lipinski definition) is 3. The van der Waals surface area contributed by atoms with E-state index < -0.39 is 0 Å². The van der Waals surface area contributed by atoms with E-state index in [9.17, 15) is 0 Å². The third-order valence-corrected chi connectivity index (χ3v) is 3.94. The van der Waals surface area contributed by atoms with Crippen LogP contribution < -0.4 is 10.2 Å². The molecule has 0 radical (unpaired) electrons. The zero-order chi connectivity index (χ0) is 14.4. The predicted molar refractivity (Wildman–Crippen MR) is 87.4 cm³/mol. The molecule has 0 aromatic heterocycles. The maximum absolute atomic E-state index is 3.53. The molecule has 3 heteroatoms. The normalized spacial score (nSPS) is 18.5. The molecule has 20 heavy (non-hydrogen) atoms. The van der Waals surface area contributed by atoms with Gasteiger partial charge in [-0.15, -0.1) is 0 Å². The van der Waals surface area contributed by atoms with E-state index >= 15 is 0 Å². The molecular weight excluding hydrogens is 246 g/mol. The van der Waals surface area contributed by atoms with Crippen LogP contribution >= 0.6 is 0 Å². The lowest BCUT2D eigenvalue weighted by molar-refractivity contribution is 0.221. The summed E-state index contributed by atoms with van der Waals surface area (Å²) in [6, 6.07) is 11.4. The van der Waals surface area contributed by atoms with Crippen molar-refractivity contribution in [3.8, 4) is 0 Å². The Morgan fingerprint density at radius 1 is 1.00 bits per heavy atom. The minimum Gasteiger partial charge on any atom is -0.369 e. The molecule has 1 atom stereocenters. The van der Waals surface area contributed by atoms with E-state index in [1.54, 1.807) is 0 Å². The highest BCUT2D eigenvalue weighted by molar-refractivity contribution is 5.46. The summed E-state index contributed by atoms with van der Waals surface area (Å²) in [6.45, 7) is 13.8. The fourth-order valence-electron chi connectivity index (χ4n) is 2.77. The van der Waals surface area contributed by atoms with Gasteiger partial charge in [-0.1, -0.05) is 39.0 Å². The largest absolute Gasteiger partial charge is 0.369 e. The van der Waals surface area contributed by atoms with Crippen LogP contribution in [0.25, 0.3) is 0 Å². The Balaban J connectivity index is 1.71. The number of nitrogens with one attached hydrogen (secondary N) is 1. The van der Waals surface area contributed by atoms with Gasteiger partial charge in [0.25, 0.3) is 0 Å². The predicted octanol–water partition coefficient (Wildman–Crippen LogP) is 2.44. The van der Waals surface area contributed by atoms with Gasteiger partial charge >= 0.3 is 0 Å². The lowest BCUT2D eigenvalue weighted by Crippen LogP contribution is -2.48. The smallest absolute Gasteiger partial charge is 0.0367 e. The zero-order valence-electron chi connectivity index (χ0n) is 13.2. The van der Waals surface area contributed by atoms with E-state index in [4.69, 9.17) is 0 Å². The molecule has 1 aliphatic heterocycles. The lowest BCUT2D eigenvalue weighted by atomic mass is 10.1. The van der Waals surface area contributed by atoms with E-state index in [0.29, 0.717) is 6.04 Å². The fraction of sp³-hybridized carbons (Fsp3) is 0.647. The minimum absolute atomic E-state index is 0.590. The summed E-state index contributed by atoms with van der Waals surface area (Å²) in [5.74, 6) is 0.723. The number of para-hydroxylation sites is 1. The Morgan fingerprint density at radius 2 is 1.65 bits per heavy atom. The van der Waals surface area contributed by atoms with Crippen LogP contribution in [0.1, 0.15) is 20.8 Å². The summed E-state index contributed by atoms with van der Waals surface area (Å²) in [5.41, 5.74) is 1.36. The van der Waals surface area contributed by atoms with Gasteiger partial charge in [-0.25, -0.2) is 0 Å². The van der Waals surface area contributed by atoms with Crippen molar-refractivity contribution in [3.05, 3.63) is 30.3 Å². The van der Waals surface area contributed by atoms with Crippen molar-refractivity contribution in [2.45, 2.75) is 26.8 Å². The van der Waals surface area contributed by atoms with Gasteiger partial charge in [0.1, 0.15) is 0 Å². The first-order chi connectivity index (χ1) is 9.65. The van der Waals surface area contributed by atoms with Crippen molar-refractivity contribution in [1.29, 1.82) is 0 Å². The molecule has 1 unspecified atom stereocenters. The average Bonchev–Trinajstić information content (AvgIpc) is 2.47. The lowest BCUT2D eigenvalue weighted by Gasteiger charge is -2.37. The summed E-state index contributed by atoms with van der Waals surface area (Å²) < 4.78 is 0. The van der Waals surface area contributed by atoms with Crippen LogP contribution in [0, 0.1) is 5.92 Å². The monoisotopic (exact) mass is 275 g/mol. The van der Waals surface area contributed by atoms with E-state index in [1.165, 1.54) is 25.3 Å². The first-order valence-electron chi connectivity index (χ1n) is 7.91. The average molecular weight is 275 g/mol. The van der Waals surface area contributed by atoms with Crippen LogP contribution in [-0.4, -0.2) is 50.2 Å². The third kappa shape index (κ3) is 4.80.